The third-order valence-corrected chi connectivity index (χ3v) is 3.82. The molecule has 1 atom stereocenters. The molecule has 2 heterocycles. The van der Waals surface area contributed by atoms with Crippen LogP contribution in [0.1, 0.15) is 50.3 Å². The molecule has 0 bridgehead atoms. The molecule has 19 heavy (non-hydrogen) atoms. The van der Waals surface area contributed by atoms with Crippen molar-refractivity contribution in [2.45, 2.75) is 44.8 Å². The number of hydrogen-bond donors (Lipinski definition) is 1. The van der Waals surface area contributed by atoms with Crippen LogP contribution in [0.15, 0.2) is 23.2 Å². The molecule has 0 aromatic heterocycles. The standard InChI is InChI=1S/C15H20N2O2/c1-14(2,3)10-5-6-12-11(9-10)13(16)17-15(12)7-4-8-18-19-15/h5-6,9H,4,7-8H2,1-3H3,(H2,16,17). The van der Waals surface area contributed by atoms with Crippen molar-refractivity contribution in [2.75, 3.05) is 6.61 Å². The van der Waals surface area contributed by atoms with Crippen molar-refractivity contribution in [3.8, 4) is 0 Å². The molecule has 3 rings (SSSR count). The number of rotatable bonds is 0. The summed E-state index contributed by atoms with van der Waals surface area (Å²) in [6.07, 6.45) is 1.74. The maximum atomic E-state index is 6.08. The van der Waals surface area contributed by atoms with E-state index in [-0.39, 0.29) is 5.41 Å². The number of amidine groups is 1. The van der Waals surface area contributed by atoms with Gasteiger partial charge in [-0.15, -0.1) is 0 Å². The molecule has 0 amide bonds. The highest BCUT2D eigenvalue weighted by molar-refractivity contribution is 6.02. The Bertz CT molecular complexity index is 538. The van der Waals surface area contributed by atoms with Crippen molar-refractivity contribution in [3.05, 3.63) is 34.9 Å². The first-order valence-electron chi connectivity index (χ1n) is 6.74. The van der Waals surface area contributed by atoms with Gasteiger partial charge in [-0.05, 0) is 23.5 Å². The van der Waals surface area contributed by atoms with Crippen molar-refractivity contribution in [3.63, 3.8) is 0 Å². The molecule has 1 fully saturated rings. The first-order valence-corrected chi connectivity index (χ1v) is 6.74. The molecule has 0 saturated carbocycles. The fourth-order valence-corrected chi connectivity index (χ4v) is 2.68. The third kappa shape index (κ3) is 1.95. The molecule has 2 aliphatic rings. The summed E-state index contributed by atoms with van der Waals surface area (Å²) in [7, 11) is 0. The number of fused-ring (bicyclic) bond motifs is 2. The second-order valence-corrected chi connectivity index (χ2v) is 6.30. The van der Waals surface area contributed by atoms with Crippen molar-refractivity contribution < 1.29 is 9.78 Å². The van der Waals surface area contributed by atoms with E-state index in [1.165, 1.54) is 5.56 Å². The minimum atomic E-state index is -0.714. The van der Waals surface area contributed by atoms with Crippen LogP contribution in [0.2, 0.25) is 0 Å². The lowest BCUT2D eigenvalue weighted by Gasteiger charge is -2.30. The van der Waals surface area contributed by atoms with Gasteiger partial charge < -0.3 is 5.73 Å². The van der Waals surface area contributed by atoms with Gasteiger partial charge in [-0.1, -0.05) is 32.9 Å². The van der Waals surface area contributed by atoms with Crippen molar-refractivity contribution in [2.24, 2.45) is 10.7 Å². The molecule has 1 aromatic carbocycles. The average molecular weight is 260 g/mol. The Balaban J connectivity index is 2.08. The number of nitrogens with two attached hydrogens (primary N) is 1. The van der Waals surface area contributed by atoms with Gasteiger partial charge >= 0.3 is 0 Å². The first-order chi connectivity index (χ1) is 8.92. The van der Waals surface area contributed by atoms with E-state index in [0.717, 1.165) is 24.0 Å². The monoisotopic (exact) mass is 260 g/mol. The molecule has 2 N–H and O–H groups in total. The Morgan fingerprint density at radius 2 is 2.11 bits per heavy atom. The molecule has 4 nitrogen and oxygen atoms in total. The Kier molecular flexibility index (Phi) is 2.69. The van der Waals surface area contributed by atoms with Gasteiger partial charge in [-0.2, -0.15) is 0 Å². The number of benzene rings is 1. The number of hydrogen-bond acceptors (Lipinski definition) is 4. The zero-order chi connectivity index (χ0) is 13.7. The van der Waals surface area contributed by atoms with Crippen LogP contribution >= 0.6 is 0 Å². The minimum Gasteiger partial charge on any atom is -0.383 e. The molecule has 1 saturated heterocycles. The Morgan fingerprint density at radius 1 is 1.32 bits per heavy atom. The highest BCUT2D eigenvalue weighted by Crippen LogP contribution is 2.42. The molecule has 4 heteroatoms. The van der Waals surface area contributed by atoms with Crippen molar-refractivity contribution in [1.82, 2.24) is 0 Å². The van der Waals surface area contributed by atoms with Crippen LogP contribution in [0, 0.1) is 0 Å². The normalized spacial score (nSPS) is 26.4. The molecule has 0 radical (unpaired) electrons. The van der Waals surface area contributed by atoms with Gasteiger partial charge in [0.15, 0.2) is 0 Å². The van der Waals surface area contributed by atoms with Gasteiger partial charge in [-0.25, -0.2) is 14.8 Å². The summed E-state index contributed by atoms with van der Waals surface area (Å²) in [5.41, 5.74) is 8.71. The quantitative estimate of drug-likeness (QED) is 0.729. The highest BCUT2D eigenvalue weighted by Gasteiger charge is 2.43. The molecule has 2 aliphatic heterocycles. The van der Waals surface area contributed by atoms with E-state index in [2.05, 4.69) is 44.0 Å². The molecule has 1 unspecified atom stereocenters. The summed E-state index contributed by atoms with van der Waals surface area (Å²) in [4.78, 5) is 15.1. The number of aliphatic imine (C=N–C) groups is 1. The van der Waals surface area contributed by atoms with E-state index < -0.39 is 5.72 Å². The van der Waals surface area contributed by atoms with E-state index in [1.807, 2.05) is 0 Å². The van der Waals surface area contributed by atoms with Gasteiger partial charge in [0.05, 0.1) is 6.61 Å². The van der Waals surface area contributed by atoms with Crippen LogP contribution in [0.4, 0.5) is 0 Å². The largest absolute Gasteiger partial charge is 0.383 e. The third-order valence-electron chi connectivity index (χ3n) is 3.82. The zero-order valence-electron chi connectivity index (χ0n) is 11.7. The minimum absolute atomic E-state index is 0.0922. The number of nitrogens with zero attached hydrogens (tertiary/aromatic N) is 1. The first kappa shape index (κ1) is 12.6. The maximum absolute atomic E-state index is 6.08. The van der Waals surface area contributed by atoms with Crippen LogP contribution in [0.3, 0.4) is 0 Å². The van der Waals surface area contributed by atoms with Gasteiger partial charge in [0, 0.05) is 17.5 Å². The smallest absolute Gasteiger partial charge is 0.221 e. The second kappa shape index (κ2) is 4.05. The topological polar surface area (TPSA) is 56.8 Å². The van der Waals surface area contributed by atoms with Crippen LogP contribution < -0.4 is 5.73 Å². The fourth-order valence-electron chi connectivity index (χ4n) is 2.68. The maximum Gasteiger partial charge on any atom is 0.221 e. The Hall–Kier alpha value is -1.39. The van der Waals surface area contributed by atoms with Gasteiger partial charge in [0.1, 0.15) is 5.84 Å². The van der Waals surface area contributed by atoms with Crippen LogP contribution in [-0.4, -0.2) is 12.4 Å². The Morgan fingerprint density at radius 3 is 2.74 bits per heavy atom. The SMILES string of the molecule is CC(C)(C)c1ccc2c(c1)C(N)=NC21CCCOO1. The second-order valence-electron chi connectivity index (χ2n) is 6.30. The lowest BCUT2D eigenvalue weighted by molar-refractivity contribution is -0.386. The molecule has 1 spiro atoms. The lowest BCUT2D eigenvalue weighted by atomic mass is 9.84. The molecular formula is C15H20N2O2. The van der Waals surface area contributed by atoms with E-state index in [1.54, 1.807) is 0 Å². The lowest BCUT2D eigenvalue weighted by Crippen LogP contribution is -2.30. The fraction of sp³-hybridized carbons (Fsp3) is 0.533. The predicted molar refractivity (Wildman–Crippen MR) is 73.8 cm³/mol. The van der Waals surface area contributed by atoms with E-state index in [4.69, 9.17) is 15.5 Å². The van der Waals surface area contributed by atoms with Crippen LogP contribution in [0.25, 0.3) is 0 Å². The van der Waals surface area contributed by atoms with Gasteiger partial charge in [0.25, 0.3) is 0 Å². The molecule has 0 aliphatic carbocycles. The molecule has 1 aromatic rings. The summed E-state index contributed by atoms with van der Waals surface area (Å²) in [6, 6.07) is 6.33. The predicted octanol–water partition coefficient (Wildman–Crippen LogP) is 2.60. The summed E-state index contributed by atoms with van der Waals surface area (Å²) in [5, 5.41) is 0. The van der Waals surface area contributed by atoms with Crippen LogP contribution in [-0.2, 0) is 20.9 Å². The summed E-state index contributed by atoms with van der Waals surface area (Å²) < 4.78 is 0. The van der Waals surface area contributed by atoms with E-state index in [0.29, 0.717) is 12.4 Å². The summed E-state index contributed by atoms with van der Waals surface area (Å²) in [6.45, 7) is 7.18. The van der Waals surface area contributed by atoms with E-state index in [9.17, 15) is 0 Å². The van der Waals surface area contributed by atoms with Gasteiger partial charge in [0.2, 0.25) is 5.72 Å². The van der Waals surface area contributed by atoms with Crippen molar-refractivity contribution >= 4 is 5.84 Å². The molecular weight excluding hydrogens is 240 g/mol. The Labute approximate surface area is 113 Å². The highest BCUT2D eigenvalue weighted by atomic mass is 17.2. The van der Waals surface area contributed by atoms with Gasteiger partial charge in [-0.3, -0.25) is 0 Å². The zero-order valence-corrected chi connectivity index (χ0v) is 11.7. The average Bonchev–Trinajstić information content (AvgIpc) is 2.62. The van der Waals surface area contributed by atoms with E-state index >= 15 is 0 Å². The summed E-state index contributed by atoms with van der Waals surface area (Å²) >= 11 is 0. The summed E-state index contributed by atoms with van der Waals surface area (Å²) in [5.74, 6) is 0.548. The van der Waals surface area contributed by atoms with Crippen molar-refractivity contribution in [1.29, 1.82) is 0 Å². The molecule has 102 valence electrons. The van der Waals surface area contributed by atoms with Crippen LogP contribution in [0.5, 0.6) is 0 Å².